The minimum absolute atomic E-state index is 0.0645. The van der Waals surface area contributed by atoms with E-state index in [4.69, 9.17) is 10.5 Å². The number of nitrogens with one attached hydrogen (secondary N) is 1. The number of carbonyl (C=O) groups is 1. The lowest BCUT2D eigenvalue weighted by Gasteiger charge is -2.15. The highest BCUT2D eigenvalue weighted by Crippen LogP contribution is 2.04. The molecule has 1 rings (SSSR count). The fourth-order valence-electron chi connectivity index (χ4n) is 1.47. The van der Waals surface area contributed by atoms with Crippen molar-refractivity contribution in [3.63, 3.8) is 0 Å². The van der Waals surface area contributed by atoms with Gasteiger partial charge in [-0.3, -0.25) is 4.79 Å². The molecule has 16 heavy (non-hydrogen) atoms. The van der Waals surface area contributed by atoms with Gasteiger partial charge in [0.05, 0.1) is 12.4 Å². The molecule has 90 valence electrons. The van der Waals surface area contributed by atoms with E-state index in [1.807, 2.05) is 6.92 Å². The fraction of sp³-hybridized carbons (Fsp3) is 0.636. The summed E-state index contributed by atoms with van der Waals surface area (Å²) in [5.74, 6) is -0.351. The molecule has 0 bridgehead atoms. The van der Waals surface area contributed by atoms with Crippen molar-refractivity contribution in [2.75, 3.05) is 0 Å². The second kappa shape index (κ2) is 6.27. The second-order valence-electron chi connectivity index (χ2n) is 3.92. The summed E-state index contributed by atoms with van der Waals surface area (Å²) >= 11 is 0. The Bertz CT molecular complexity index is 311. The van der Waals surface area contributed by atoms with E-state index < -0.39 is 6.04 Å². The van der Waals surface area contributed by atoms with E-state index in [9.17, 15) is 4.79 Å². The second-order valence-corrected chi connectivity index (χ2v) is 3.92. The topological polar surface area (TPSA) is 81.0 Å². The number of nitrogens with zero attached hydrogens (tertiary/aromatic N) is 1. The third-order valence-corrected chi connectivity index (χ3v) is 2.31. The Labute approximate surface area is 95.4 Å². The number of imidazole rings is 1. The molecule has 3 N–H and O–H groups in total. The van der Waals surface area contributed by atoms with Crippen LogP contribution in [0.4, 0.5) is 0 Å². The number of rotatable bonds is 6. The van der Waals surface area contributed by atoms with Gasteiger partial charge in [-0.25, -0.2) is 4.98 Å². The maximum Gasteiger partial charge on any atom is 0.323 e. The molecular weight excluding hydrogens is 206 g/mol. The SMILES string of the molecule is CCCC(C)OC(=O)[C@@H](N)Cc1cnc[nH]1. The molecule has 0 saturated carbocycles. The highest BCUT2D eigenvalue weighted by atomic mass is 16.5. The van der Waals surface area contributed by atoms with Crippen molar-refractivity contribution in [1.82, 2.24) is 9.97 Å². The molecular formula is C11H19N3O2. The zero-order valence-corrected chi connectivity index (χ0v) is 9.77. The van der Waals surface area contributed by atoms with Crippen molar-refractivity contribution >= 4 is 5.97 Å². The monoisotopic (exact) mass is 225 g/mol. The number of carbonyl (C=O) groups excluding carboxylic acids is 1. The zero-order valence-electron chi connectivity index (χ0n) is 9.77. The predicted octanol–water partition coefficient (Wildman–Crippen LogP) is 1.01. The van der Waals surface area contributed by atoms with E-state index in [1.165, 1.54) is 0 Å². The molecule has 0 spiro atoms. The summed E-state index contributed by atoms with van der Waals surface area (Å²) < 4.78 is 5.20. The van der Waals surface area contributed by atoms with Crippen molar-refractivity contribution < 1.29 is 9.53 Å². The first-order valence-electron chi connectivity index (χ1n) is 5.56. The molecule has 0 aromatic carbocycles. The molecule has 0 aliphatic rings. The lowest BCUT2D eigenvalue weighted by Crippen LogP contribution is -2.36. The van der Waals surface area contributed by atoms with Gasteiger partial charge in [0.15, 0.2) is 0 Å². The summed E-state index contributed by atoms with van der Waals surface area (Å²) in [4.78, 5) is 18.3. The summed E-state index contributed by atoms with van der Waals surface area (Å²) in [6.45, 7) is 3.93. The van der Waals surface area contributed by atoms with Gasteiger partial charge in [-0.05, 0) is 13.3 Å². The molecule has 0 aliphatic heterocycles. The molecule has 1 heterocycles. The number of H-pyrrole nitrogens is 1. The van der Waals surface area contributed by atoms with Gasteiger partial charge in [0.2, 0.25) is 0 Å². The number of aromatic amines is 1. The smallest absolute Gasteiger partial charge is 0.323 e. The highest BCUT2D eigenvalue weighted by Gasteiger charge is 2.18. The Kier molecular flexibility index (Phi) is 4.98. The van der Waals surface area contributed by atoms with Crippen LogP contribution in [-0.2, 0) is 16.0 Å². The van der Waals surface area contributed by atoms with Gasteiger partial charge in [-0.15, -0.1) is 0 Å². The maximum absolute atomic E-state index is 11.6. The van der Waals surface area contributed by atoms with Crippen LogP contribution >= 0.6 is 0 Å². The van der Waals surface area contributed by atoms with Crippen LogP contribution in [0.25, 0.3) is 0 Å². The molecule has 0 amide bonds. The molecule has 0 fully saturated rings. The molecule has 1 aromatic rings. The van der Waals surface area contributed by atoms with E-state index in [0.29, 0.717) is 6.42 Å². The minimum Gasteiger partial charge on any atom is -0.462 e. The minimum atomic E-state index is -0.625. The molecule has 1 aromatic heterocycles. The summed E-state index contributed by atoms with van der Waals surface area (Å²) in [5, 5.41) is 0. The number of hydrogen-bond donors (Lipinski definition) is 2. The van der Waals surface area contributed by atoms with Crippen LogP contribution in [0, 0.1) is 0 Å². The highest BCUT2D eigenvalue weighted by molar-refractivity contribution is 5.75. The van der Waals surface area contributed by atoms with E-state index in [0.717, 1.165) is 18.5 Å². The summed E-state index contributed by atoms with van der Waals surface area (Å²) in [6, 6.07) is -0.625. The van der Waals surface area contributed by atoms with Gasteiger partial charge >= 0.3 is 5.97 Å². The normalized spacial score (nSPS) is 14.4. The quantitative estimate of drug-likeness (QED) is 0.708. The average Bonchev–Trinajstić information content (AvgIpc) is 2.70. The van der Waals surface area contributed by atoms with Crippen LogP contribution in [0.3, 0.4) is 0 Å². The first kappa shape index (κ1) is 12.7. The van der Waals surface area contributed by atoms with Crippen molar-refractivity contribution in [3.05, 3.63) is 18.2 Å². The van der Waals surface area contributed by atoms with Crippen LogP contribution in [0.2, 0.25) is 0 Å². The summed E-state index contributed by atoms with van der Waals surface area (Å²) in [5.41, 5.74) is 6.57. The van der Waals surface area contributed by atoms with Crippen molar-refractivity contribution in [1.29, 1.82) is 0 Å². The van der Waals surface area contributed by atoms with Crippen LogP contribution in [0.5, 0.6) is 0 Å². The number of esters is 1. The molecule has 5 nitrogen and oxygen atoms in total. The summed E-state index contributed by atoms with van der Waals surface area (Å²) in [7, 11) is 0. The number of nitrogens with two attached hydrogens (primary N) is 1. The van der Waals surface area contributed by atoms with Gasteiger partial charge < -0.3 is 15.5 Å². The van der Waals surface area contributed by atoms with E-state index in [-0.39, 0.29) is 12.1 Å². The Morgan fingerprint density at radius 2 is 2.44 bits per heavy atom. The maximum atomic E-state index is 11.6. The standard InChI is InChI=1S/C11H19N3O2/c1-3-4-8(2)16-11(15)10(12)5-9-6-13-7-14-9/h6-8,10H,3-5,12H2,1-2H3,(H,13,14)/t8?,10-/m0/s1. The van der Waals surface area contributed by atoms with Gasteiger partial charge in [-0.1, -0.05) is 13.3 Å². The van der Waals surface area contributed by atoms with Crippen molar-refractivity contribution in [2.24, 2.45) is 5.73 Å². The number of hydrogen-bond acceptors (Lipinski definition) is 4. The van der Waals surface area contributed by atoms with Gasteiger partial charge in [0.25, 0.3) is 0 Å². The average molecular weight is 225 g/mol. The third kappa shape index (κ3) is 4.02. The zero-order chi connectivity index (χ0) is 12.0. The van der Waals surface area contributed by atoms with Crippen LogP contribution < -0.4 is 5.73 Å². The van der Waals surface area contributed by atoms with E-state index in [2.05, 4.69) is 16.9 Å². The Hall–Kier alpha value is -1.36. The first-order chi connectivity index (χ1) is 7.63. The Morgan fingerprint density at radius 1 is 1.69 bits per heavy atom. The van der Waals surface area contributed by atoms with Gasteiger partial charge in [0, 0.05) is 18.3 Å². The third-order valence-electron chi connectivity index (χ3n) is 2.31. The van der Waals surface area contributed by atoms with Gasteiger partial charge in [0.1, 0.15) is 6.04 Å². The van der Waals surface area contributed by atoms with Gasteiger partial charge in [-0.2, -0.15) is 0 Å². The number of aromatic nitrogens is 2. The number of ether oxygens (including phenoxy) is 1. The van der Waals surface area contributed by atoms with Crippen molar-refractivity contribution in [3.8, 4) is 0 Å². The Morgan fingerprint density at radius 3 is 3.00 bits per heavy atom. The van der Waals surface area contributed by atoms with Crippen molar-refractivity contribution in [2.45, 2.75) is 45.3 Å². The van der Waals surface area contributed by atoms with Crippen LogP contribution in [-0.4, -0.2) is 28.1 Å². The van der Waals surface area contributed by atoms with Crippen LogP contribution in [0.1, 0.15) is 32.4 Å². The van der Waals surface area contributed by atoms with E-state index >= 15 is 0 Å². The molecule has 1 unspecified atom stereocenters. The molecule has 5 heteroatoms. The lowest BCUT2D eigenvalue weighted by molar-refractivity contribution is -0.150. The van der Waals surface area contributed by atoms with E-state index in [1.54, 1.807) is 12.5 Å². The molecule has 0 radical (unpaired) electrons. The predicted molar refractivity (Wildman–Crippen MR) is 60.7 cm³/mol. The van der Waals surface area contributed by atoms with Crippen LogP contribution in [0.15, 0.2) is 12.5 Å². The first-order valence-corrected chi connectivity index (χ1v) is 5.56. The summed E-state index contributed by atoms with van der Waals surface area (Å²) in [6.07, 6.45) is 5.44. The molecule has 0 saturated heterocycles. The molecule has 2 atom stereocenters. The fourth-order valence-corrected chi connectivity index (χ4v) is 1.47. The Balaban J connectivity index is 2.36. The largest absolute Gasteiger partial charge is 0.462 e. The lowest BCUT2D eigenvalue weighted by atomic mass is 10.2. The molecule has 0 aliphatic carbocycles.